The minimum absolute atomic E-state index is 0.103. The molecule has 23 heavy (non-hydrogen) atoms. The second-order valence-electron chi connectivity index (χ2n) is 7.23. The Balaban J connectivity index is 1.36. The number of thiophene rings is 1. The second-order valence-corrected chi connectivity index (χ2v) is 8.01. The van der Waals surface area contributed by atoms with E-state index in [1.165, 1.54) is 5.56 Å². The van der Waals surface area contributed by atoms with Gasteiger partial charge in [0.05, 0.1) is 13.2 Å². The lowest BCUT2D eigenvalue weighted by molar-refractivity contribution is 0.125. The maximum atomic E-state index is 12.3. The van der Waals surface area contributed by atoms with Crippen molar-refractivity contribution in [3.05, 3.63) is 22.4 Å². The molecule has 126 valence electrons. The van der Waals surface area contributed by atoms with Crippen molar-refractivity contribution >= 4 is 17.4 Å². The van der Waals surface area contributed by atoms with Crippen molar-refractivity contribution in [3.63, 3.8) is 0 Å². The molecule has 4 heterocycles. The Morgan fingerprint density at radius 3 is 3.09 bits per heavy atom. The largest absolute Gasteiger partial charge is 0.380 e. The fourth-order valence-electron chi connectivity index (χ4n) is 4.24. The van der Waals surface area contributed by atoms with E-state index in [4.69, 9.17) is 4.74 Å². The first-order chi connectivity index (χ1) is 11.3. The molecule has 0 aromatic carbocycles. The SMILES string of the molecule is O=C(NC[C@]12COC[C@H]1CN(Cc1ccsc1)C2)N1CCCC1. The van der Waals surface area contributed by atoms with Crippen molar-refractivity contribution in [1.82, 2.24) is 15.1 Å². The normalized spacial score (nSPS) is 30.8. The van der Waals surface area contributed by atoms with E-state index in [0.717, 1.165) is 65.3 Å². The van der Waals surface area contributed by atoms with Crippen molar-refractivity contribution in [1.29, 1.82) is 0 Å². The predicted molar refractivity (Wildman–Crippen MR) is 90.5 cm³/mol. The summed E-state index contributed by atoms with van der Waals surface area (Å²) in [6.45, 7) is 7.28. The van der Waals surface area contributed by atoms with Crippen LogP contribution in [0.5, 0.6) is 0 Å². The lowest BCUT2D eigenvalue weighted by Crippen LogP contribution is -2.47. The minimum atomic E-state index is 0.103. The predicted octanol–water partition coefficient (Wildman–Crippen LogP) is 2.00. The van der Waals surface area contributed by atoms with Gasteiger partial charge in [-0.05, 0) is 35.2 Å². The van der Waals surface area contributed by atoms with Gasteiger partial charge in [0.25, 0.3) is 0 Å². The van der Waals surface area contributed by atoms with E-state index in [-0.39, 0.29) is 11.4 Å². The summed E-state index contributed by atoms with van der Waals surface area (Å²) >= 11 is 1.76. The van der Waals surface area contributed by atoms with Gasteiger partial charge in [0, 0.05) is 50.6 Å². The summed E-state index contributed by atoms with van der Waals surface area (Å²) in [6, 6.07) is 2.32. The van der Waals surface area contributed by atoms with Gasteiger partial charge < -0.3 is 15.0 Å². The summed E-state index contributed by atoms with van der Waals surface area (Å²) in [5.41, 5.74) is 1.50. The van der Waals surface area contributed by atoms with Crippen LogP contribution in [-0.2, 0) is 11.3 Å². The number of amides is 2. The van der Waals surface area contributed by atoms with E-state index in [1.807, 2.05) is 4.90 Å². The first-order valence-corrected chi connectivity index (χ1v) is 9.53. The van der Waals surface area contributed by atoms with E-state index >= 15 is 0 Å². The Hall–Kier alpha value is -1.11. The molecule has 3 aliphatic heterocycles. The number of hydrogen-bond donors (Lipinski definition) is 1. The van der Waals surface area contributed by atoms with Gasteiger partial charge in [0.2, 0.25) is 0 Å². The van der Waals surface area contributed by atoms with Crippen LogP contribution in [0.2, 0.25) is 0 Å². The molecule has 0 spiro atoms. The molecule has 3 fully saturated rings. The first-order valence-electron chi connectivity index (χ1n) is 8.59. The van der Waals surface area contributed by atoms with Crippen LogP contribution in [0.25, 0.3) is 0 Å². The van der Waals surface area contributed by atoms with Gasteiger partial charge in [-0.25, -0.2) is 4.79 Å². The highest BCUT2D eigenvalue weighted by Gasteiger charge is 2.50. The number of fused-ring (bicyclic) bond motifs is 1. The molecule has 5 nitrogen and oxygen atoms in total. The number of likely N-dealkylation sites (tertiary alicyclic amines) is 2. The van der Waals surface area contributed by atoms with Gasteiger partial charge in [0.1, 0.15) is 0 Å². The zero-order chi connectivity index (χ0) is 15.7. The lowest BCUT2D eigenvalue weighted by atomic mass is 9.81. The highest BCUT2D eigenvalue weighted by molar-refractivity contribution is 7.07. The van der Waals surface area contributed by atoms with E-state index in [9.17, 15) is 4.79 Å². The number of ether oxygens (including phenoxy) is 1. The molecule has 0 unspecified atom stereocenters. The molecule has 4 rings (SSSR count). The molecule has 1 aromatic rings. The molecule has 3 aliphatic rings. The van der Waals surface area contributed by atoms with Crippen molar-refractivity contribution in [3.8, 4) is 0 Å². The summed E-state index contributed by atoms with van der Waals surface area (Å²) in [5.74, 6) is 0.542. The third-order valence-electron chi connectivity index (χ3n) is 5.56. The average Bonchev–Trinajstić information content (AvgIpc) is 3.29. The van der Waals surface area contributed by atoms with Crippen molar-refractivity contribution in [2.75, 3.05) is 45.9 Å². The third kappa shape index (κ3) is 3.12. The summed E-state index contributed by atoms with van der Waals surface area (Å²) in [6.07, 6.45) is 2.28. The Morgan fingerprint density at radius 2 is 2.30 bits per heavy atom. The van der Waals surface area contributed by atoms with Crippen molar-refractivity contribution in [2.45, 2.75) is 19.4 Å². The molecule has 2 amide bonds. The van der Waals surface area contributed by atoms with Crippen LogP contribution in [-0.4, -0.2) is 61.8 Å². The van der Waals surface area contributed by atoms with Gasteiger partial charge in [-0.15, -0.1) is 0 Å². The Labute approximate surface area is 141 Å². The van der Waals surface area contributed by atoms with Crippen LogP contribution >= 0.6 is 11.3 Å². The fraction of sp³-hybridized carbons (Fsp3) is 0.706. The number of urea groups is 1. The highest BCUT2D eigenvalue weighted by Crippen LogP contribution is 2.41. The van der Waals surface area contributed by atoms with Crippen LogP contribution < -0.4 is 5.32 Å². The number of rotatable bonds is 4. The third-order valence-corrected chi connectivity index (χ3v) is 6.29. The second kappa shape index (κ2) is 6.42. The number of nitrogens with zero attached hydrogens (tertiary/aromatic N) is 2. The summed E-state index contributed by atoms with van der Waals surface area (Å²) in [4.78, 5) is 16.8. The van der Waals surface area contributed by atoms with Gasteiger partial charge in [-0.2, -0.15) is 11.3 Å². The molecule has 2 atom stereocenters. The Morgan fingerprint density at radius 1 is 1.43 bits per heavy atom. The van der Waals surface area contributed by atoms with Crippen molar-refractivity contribution < 1.29 is 9.53 Å². The Kier molecular flexibility index (Phi) is 4.30. The standard InChI is InChI=1S/C17H25N3O2S/c21-16(20-4-1-2-5-20)18-11-17-12-19(7-14-3-6-23-10-14)8-15(17)9-22-13-17/h3,6,10,15H,1-2,4-5,7-9,11-13H2,(H,18,21)/t15-,17+/m1/s1. The smallest absolute Gasteiger partial charge is 0.317 e. The summed E-state index contributed by atoms with van der Waals surface area (Å²) in [7, 11) is 0. The van der Waals surface area contributed by atoms with Gasteiger partial charge in [-0.1, -0.05) is 0 Å². The van der Waals surface area contributed by atoms with Gasteiger partial charge >= 0.3 is 6.03 Å². The van der Waals surface area contributed by atoms with Gasteiger partial charge in [0.15, 0.2) is 0 Å². The fourth-order valence-corrected chi connectivity index (χ4v) is 4.90. The zero-order valence-electron chi connectivity index (χ0n) is 13.5. The summed E-state index contributed by atoms with van der Waals surface area (Å²) in [5, 5.41) is 7.56. The lowest BCUT2D eigenvalue weighted by Gasteiger charge is -2.29. The molecule has 1 N–H and O–H groups in total. The summed E-state index contributed by atoms with van der Waals surface area (Å²) < 4.78 is 5.77. The first kappa shape index (κ1) is 15.4. The highest BCUT2D eigenvalue weighted by atomic mass is 32.1. The van der Waals surface area contributed by atoms with E-state index < -0.39 is 0 Å². The maximum Gasteiger partial charge on any atom is 0.317 e. The topological polar surface area (TPSA) is 44.8 Å². The monoisotopic (exact) mass is 335 g/mol. The van der Waals surface area contributed by atoms with Crippen LogP contribution in [0.1, 0.15) is 18.4 Å². The van der Waals surface area contributed by atoms with Crippen LogP contribution in [0.4, 0.5) is 4.79 Å². The van der Waals surface area contributed by atoms with Crippen LogP contribution in [0, 0.1) is 11.3 Å². The molecule has 0 bridgehead atoms. The molecule has 0 radical (unpaired) electrons. The molecular weight excluding hydrogens is 310 g/mol. The molecule has 3 saturated heterocycles. The molecule has 0 saturated carbocycles. The van der Waals surface area contributed by atoms with Crippen LogP contribution in [0.15, 0.2) is 16.8 Å². The Bertz CT molecular complexity index is 544. The molecule has 6 heteroatoms. The quantitative estimate of drug-likeness (QED) is 0.915. The zero-order valence-corrected chi connectivity index (χ0v) is 14.3. The number of hydrogen-bond acceptors (Lipinski definition) is 4. The van der Waals surface area contributed by atoms with E-state index in [1.54, 1.807) is 11.3 Å². The average molecular weight is 335 g/mol. The number of nitrogens with one attached hydrogen (secondary N) is 1. The molecule has 0 aliphatic carbocycles. The van der Waals surface area contributed by atoms with Gasteiger partial charge in [-0.3, -0.25) is 4.90 Å². The number of carbonyl (C=O) groups excluding carboxylic acids is 1. The van der Waals surface area contributed by atoms with Crippen LogP contribution in [0.3, 0.4) is 0 Å². The maximum absolute atomic E-state index is 12.3. The molecule has 1 aromatic heterocycles. The van der Waals surface area contributed by atoms with Crippen molar-refractivity contribution in [2.24, 2.45) is 11.3 Å². The van der Waals surface area contributed by atoms with E-state index in [2.05, 4.69) is 27.0 Å². The minimum Gasteiger partial charge on any atom is -0.380 e. The molecular formula is C17H25N3O2S. The number of carbonyl (C=O) groups is 1. The van der Waals surface area contributed by atoms with E-state index in [0.29, 0.717) is 5.92 Å².